The Morgan fingerprint density at radius 1 is 1.17 bits per heavy atom. The fourth-order valence-electron chi connectivity index (χ4n) is 2.80. The minimum atomic E-state index is -0.213. The van der Waals surface area contributed by atoms with Gasteiger partial charge in [-0.2, -0.15) is 0 Å². The lowest BCUT2D eigenvalue weighted by Crippen LogP contribution is -2.32. The van der Waals surface area contributed by atoms with E-state index in [2.05, 4.69) is 39.2 Å². The summed E-state index contributed by atoms with van der Waals surface area (Å²) in [6, 6.07) is 9.64. The molecule has 2 heterocycles. The molecule has 0 radical (unpaired) electrons. The van der Waals surface area contributed by atoms with Crippen molar-refractivity contribution in [1.82, 2.24) is 9.97 Å². The summed E-state index contributed by atoms with van der Waals surface area (Å²) in [6.45, 7) is 6.29. The summed E-state index contributed by atoms with van der Waals surface area (Å²) in [5, 5.41) is 2.87. The molecule has 1 aliphatic rings. The van der Waals surface area contributed by atoms with E-state index in [1.807, 2.05) is 12.1 Å². The molecule has 0 saturated carbocycles. The van der Waals surface area contributed by atoms with Crippen LogP contribution in [0.25, 0.3) is 0 Å². The molecule has 1 aromatic carbocycles. The van der Waals surface area contributed by atoms with Gasteiger partial charge in [-0.05, 0) is 56.0 Å². The molecule has 120 valence electrons. The summed E-state index contributed by atoms with van der Waals surface area (Å²) in [5.41, 5.74) is 2.37. The number of piperidine rings is 1. The second-order valence-corrected chi connectivity index (χ2v) is 6.16. The zero-order valence-corrected chi connectivity index (χ0v) is 13.6. The number of amides is 1. The van der Waals surface area contributed by atoms with E-state index in [9.17, 15) is 4.79 Å². The molecule has 1 fully saturated rings. The fraction of sp³-hybridized carbons (Fsp3) is 0.389. The largest absolute Gasteiger partial charge is 0.372 e. The second kappa shape index (κ2) is 6.77. The van der Waals surface area contributed by atoms with Crippen LogP contribution in [0.4, 0.5) is 11.4 Å². The van der Waals surface area contributed by atoms with E-state index >= 15 is 0 Å². The van der Waals surface area contributed by atoms with Crippen LogP contribution in [0, 0.1) is 12.8 Å². The van der Waals surface area contributed by atoms with Gasteiger partial charge in [-0.3, -0.25) is 4.79 Å². The lowest BCUT2D eigenvalue weighted by atomic mass is 9.99. The van der Waals surface area contributed by atoms with Crippen molar-refractivity contribution >= 4 is 17.3 Å². The lowest BCUT2D eigenvalue weighted by molar-refractivity contribution is 0.102. The number of anilines is 2. The van der Waals surface area contributed by atoms with E-state index in [4.69, 9.17) is 0 Å². The van der Waals surface area contributed by atoms with E-state index in [0.29, 0.717) is 11.5 Å². The monoisotopic (exact) mass is 310 g/mol. The van der Waals surface area contributed by atoms with Crippen molar-refractivity contribution in [2.75, 3.05) is 23.3 Å². The van der Waals surface area contributed by atoms with E-state index in [-0.39, 0.29) is 5.91 Å². The van der Waals surface area contributed by atoms with E-state index in [0.717, 1.165) is 24.7 Å². The van der Waals surface area contributed by atoms with Crippen LogP contribution in [0.3, 0.4) is 0 Å². The molecule has 5 heteroatoms. The van der Waals surface area contributed by atoms with Gasteiger partial charge in [-0.1, -0.05) is 6.92 Å². The highest BCUT2D eigenvalue weighted by molar-refractivity contribution is 6.02. The Balaban J connectivity index is 1.64. The van der Waals surface area contributed by atoms with Crippen LogP contribution in [0.5, 0.6) is 0 Å². The number of nitrogens with one attached hydrogen (secondary N) is 1. The van der Waals surface area contributed by atoms with Crippen molar-refractivity contribution in [2.45, 2.75) is 26.7 Å². The molecule has 1 aliphatic heterocycles. The minimum absolute atomic E-state index is 0.213. The summed E-state index contributed by atoms with van der Waals surface area (Å²) in [4.78, 5) is 22.7. The molecule has 5 nitrogen and oxygen atoms in total. The second-order valence-electron chi connectivity index (χ2n) is 6.16. The van der Waals surface area contributed by atoms with Gasteiger partial charge in [0.1, 0.15) is 11.5 Å². The zero-order valence-electron chi connectivity index (χ0n) is 13.6. The molecule has 1 amide bonds. The van der Waals surface area contributed by atoms with Gasteiger partial charge in [0.05, 0.1) is 0 Å². The van der Waals surface area contributed by atoms with Gasteiger partial charge in [0.2, 0.25) is 0 Å². The number of rotatable bonds is 3. The van der Waals surface area contributed by atoms with Gasteiger partial charge in [-0.25, -0.2) is 9.97 Å². The number of carbonyl (C=O) groups is 1. The maximum Gasteiger partial charge on any atom is 0.274 e. The topological polar surface area (TPSA) is 58.1 Å². The van der Waals surface area contributed by atoms with Crippen LogP contribution in [0.1, 0.15) is 36.1 Å². The Bertz CT molecular complexity index is 676. The van der Waals surface area contributed by atoms with Crippen molar-refractivity contribution in [2.24, 2.45) is 5.92 Å². The summed E-state index contributed by atoms with van der Waals surface area (Å²) in [7, 11) is 0. The fourth-order valence-corrected chi connectivity index (χ4v) is 2.80. The number of aromatic nitrogens is 2. The third kappa shape index (κ3) is 3.86. The minimum Gasteiger partial charge on any atom is -0.372 e. The Morgan fingerprint density at radius 3 is 2.52 bits per heavy atom. The van der Waals surface area contributed by atoms with Gasteiger partial charge in [0.15, 0.2) is 0 Å². The van der Waals surface area contributed by atoms with Gasteiger partial charge >= 0.3 is 0 Å². The number of benzene rings is 1. The predicted molar refractivity (Wildman–Crippen MR) is 91.8 cm³/mol. The molecule has 1 aromatic heterocycles. The third-order valence-electron chi connectivity index (χ3n) is 4.28. The highest BCUT2D eigenvalue weighted by Gasteiger charge is 2.16. The number of carbonyl (C=O) groups excluding carboxylic acids is 1. The van der Waals surface area contributed by atoms with E-state index < -0.39 is 0 Å². The molecule has 0 bridgehead atoms. The van der Waals surface area contributed by atoms with E-state index in [1.165, 1.54) is 18.5 Å². The number of hydrogen-bond donors (Lipinski definition) is 1. The van der Waals surface area contributed by atoms with Gasteiger partial charge in [0, 0.05) is 30.7 Å². The maximum absolute atomic E-state index is 12.2. The van der Waals surface area contributed by atoms with Crippen LogP contribution >= 0.6 is 0 Å². The Labute approximate surface area is 136 Å². The number of hydrogen-bond acceptors (Lipinski definition) is 4. The summed E-state index contributed by atoms with van der Waals surface area (Å²) in [5.74, 6) is 1.20. The third-order valence-corrected chi connectivity index (χ3v) is 4.28. The molecule has 0 atom stereocenters. The average molecular weight is 310 g/mol. The SMILES string of the molecule is Cc1nccc(C(=O)Nc2ccc(N3CCC(C)CC3)cc2)n1. The molecule has 3 rings (SSSR count). The molecule has 2 aromatic rings. The van der Waals surface area contributed by atoms with Crippen molar-refractivity contribution in [1.29, 1.82) is 0 Å². The van der Waals surface area contributed by atoms with Crippen LogP contribution < -0.4 is 10.2 Å². The molecule has 1 N–H and O–H groups in total. The highest BCUT2D eigenvalue weighted by Crippen LogP contribution is 2.24. The van der Waals surface area contributed by atoms with Crippen molar-refractivity contribution in [3.8, 4) is 0 Å². The Morgan fingerprint density at radius 2 is 1.87 bits per heavy atom. The summed E-state index contributed by atoms with van der Waals surface area (Å²) >= 11 is 0. The molecular formula is C18H22N4O. The summed E-state index contributed by atoms with van der Waals surface area (Å²) < 4.78 is 0. The number of aryl methyl sites for hydroxylation is 1. The van der Waals surface area contributed by atoms with Crippen molar-refractivity contribution in [3.63, 3.8) is 0 Å². The smallest absolute Gasteiger partial charge is 0.274 e. The van der Waals surface area contributed by atoms with Crippen LogP contribution in [0.2, 0.25) is 0 Å². The van der Waals surface area contributed by atoms with Crippen molar-refractivity contribution in [3.05, 3.63) is 48.0 Å². The first-order valence-corrected chi connectivity index (χ1v) is 8.08. The standard InChI is InChI=1S/C18H22N4O/c1-13-8-11-22(12-9-13)16-5-3-15(4-6-16)21-18(23)17-7-10-19-14(2)20-17/h3-7,10,13H,8-9,11-12H2,1-2H3,(H,21,23). The summed E-state index contributed by atoms with van der Waals surface area (Å²) in [6.07, 6.45) is 4.08. The molecule has 1 saturated heterocycles. The van der Waals surface area contributed by atoms with Crippen LogP contribution in [0.15, 0.2) is 36.5 Å². The zero-order chi connectivity index (χ0) is 16.2. The lowest BCUT2D eigenvalue weighted by Gasteiger charge is -2.32. The van der Waals surface area contributed by atoms with Crippen LogP contribution in [-0.2, 0) is 0 Å². The quantitative estimate of drug-likeness (QED) is 0.945. The molecule has 0 aliphatic carbocycles. The maximum atomic E-state index is 12.2. The first-order chi connectivity index (χ1) is 11.1. The Hall–Kier alpha value is -2.43. The molecule has 0 unspecified atom stereocenters. The van der Waals surface area contributed by atoms with Crippen LogP contribution in [-0.4, -0.2) is 29.0 Å². The molecule has 23 heavy (non-hydrogen) atoms. The first-order valence-electron chi connectivity index (χ1n) is 8.08. The Kier molecular flexibility index (Phi) is 4.55. The molecule has 0 spiro atoms. The van der Waals surface area contributed by atoms with Crippen molar-refractivity contribution < 1.29 is 4.79 Å². The molecular weight excluding hydrogens is 288 g/mol. The predicted octanol–water partition coefficient (Wildman–Crippen LogP) is 3.27. The van der Waals surface area contributed by atoms with E-state index in [1.54, 1.807) is 19.2 Å². The number of nitrogens with zero attached hydrogens (tertiary/aromatic N) is 3. The van der Waals surface area contributed by atoms with Gasteiger partial charge < -0.3 is 10.2 Å². The normalized spacial score (nSPS) is 15.5. The highest BCUT2D eigenvalue weighted by atomic mass is 16.1. The first kappa shape index (κ1) is 15.5. The van der Waals surface area contributed by atoms with Gasteiger partial charge in [0.25, 0.3) is 5.91 Å². The average Bonchev–Trinajstić information content (AvgIpc) is 2.56. The van der Waals surface area contributed by atoms with Gasteiger partial charge in [-0.15, -0.1) is 0 Å².